The van der Waals surface area contributed by atoms with Crippen LogP contribution in [-0.2, 0) is 13.0 Å². The molecule has 1 aliphatic rings. The van der Waals surface area contributed by atoms with E-state index < -0.39 is 0 Å². The first-order valence-electron chi connectivity index (χ1n) is 10.8. The number of nitrogens with one attached hydrogen (secondary N) is 3. The molecular formula is C24H34IN5O2. The van der Waals surface area contributed by atoms with Gasteiger partial charge in [-0.1, -0.05) is 24.3 Å². The van der Waals surface area contributed by atoms with Crippen molar-refractivity contribution in [1.82, 2.24) is 15.5 Å². The number of halogens is 1. The fourth-order valence-electron chi connectivity index (χ4n) is 3.63. The molecule has 0 unspecified atom stereocenters. The van der Waals surface area contributed by atoms with Crippen molar-refractivity contribution < 1.29 is 9.53 Å². The molecule has 0 atom stereocenters. The number of nitrogens with zero attached hydrogens (tertiary/aromatic N) is 2. The number of aryl methyl sites for hydroxylation is 1. The fraction of sp³-hybridized carbons (Fsp3) is 0.417. The van der Waals surface area contributed by atoms with Crippen molar-refractivity contribution in [2.45, 2.75) is 32.7 Å². The van der Waals surface area contributed by atoms with Crippen molar-refractivity contribution in [3.63, 3.8) is 0 Å². The molecule has 7 nitrogen and oxygen atoms in total. The average Bonchev–Trinajstić information content (AvgIpc) is 3.32. The number of amides is 2. The maximum absolute atomic E-state index is 12.3. The van der Waals surface area contributed by atoms with E-state index >= 15 is 0 Å². The number of ether oxygens (including phenoxy) is 1. The molecule has 32 heavy (non-hydrogen) atoms. The van der Waals surface area contributed by atoms with Crippen LogP contribution in [0.4, 0.5) is 10.5 Å². The number of methoxy groups -OCH3 is 1. The van der Waals surface area contributed by atoms with Crippen molar-refractivity contribution in [3.05, 3.63) is 59.2 Å². The lowest BCUT2D eigenvalue weighted by Gasteiger charge is -2.17. The Labute approximate surface area is 208 Å². The van der Waals surface area contributed by atoms with Crippen LogP contribution in [0.2, 0.25) is 0 Å². The molecule has 0 saturated carbocycles. The third-order valence-electron chi connectivity index (χ3n) is 5.43. The normalized spacial score (nSPS) is 13.3. The van der Waals surface area contributed by atoms with Gasteiger partial charge >= 0.3 is 6.03 Å². The maximum Gasteiger partial charge on any atom is 0.321 e. The minimum atomic E-state index is -0.0205. The van der Waals surface area contributed by atoms with Gasteiger partial charge in [0, 0.05) is 38.9 Å². The first kappa shape index (κ1) is 25.8. The molecule has 8 heteroatoms. The molecule has 0 radical (unpaired) electrons. The van der Waals surface area contributed by atoms with Crippen LogP contribution in [0.1, 0.15) is 29.5 Å². The highest BCUT2D eigenvalue weighted by molar-refractivity contribution is 14.0. The highest BCUT2D eigenvalue weighted by atomic mass is 127. The molecular weight excluding hydrogens is 517 g/mol. The summed E-state index contributed by atoms with van der Waals surface area (Å²) in [7, 11) is 3.46. The Balaban J connectivity index is 0.00000363. The van der Waals surface area contributed by atoms with Gasteiger partial charge in [-0.25, -0.2) is 4.79 Å². The molecule has 1 fully saturated rings. The Kier molecular flexibility index (Phi) is 10.6. The number of rotatable bonds is 7. The van der Waals surface area contributed by atoms with E-state index in [0.29, 0.717) is 6.54 Å². The zero-order valence-electron chi connectivity index (χ0n) is 19.1. The summed E-state index contributed by atoms with van der Waals surface area (Å²) in [6.45, 7) is 5.09. The largest absolute Gasteiger partial charge is 0.496 e. The second-order valence-corrected chi connectivity index (χ2v) is 7.73. The number of carbonyl (C=O) groups is 1. The topological polar surface area (TPSA) is 78.0 Å². The molecule has 0 aromatic heterocycles. The Morgan fingerprint density at radius 3 is 2.59 bits per heavy atom. The zero-order chi connectivity index (χ0) is 22.1. The van der Waals surface area contributed by atoms with E-state index in [1.165, 1.54) is 5.56 Å². The van der Waals surface area contributed by atoms with Gasteiger partial charge in [-0.05, 0) is 61.1 Å². The summed E-state index contributed by atoms with van der Waals surface area (Å²) in [6, 6.07) is 14.2. The Morgan fingerprint density at radius 1 is 1.09 bits per heavy atom. The molecule has 0 aliphatic carbocycles. The van der Waals surface area contributed by atoms with Crippen molar-refractivity contribution >= 4 is 41.7 Å². The van der Waals surface area contributed by atoms with Gasteiger partial charge in [-0.15, -0.1) is 24.0 Å². The van der Waals surface area contributed by atoms with Gasteiger partial charge < -0.3 is 25.6 Å². The smallest absolute Gasteiger partial charge is 0.321 e. The third kappa shape index (κ3) is 7.58. The number of likely N-dealkylation sites (tertiary alicyclic amines) is 1. The second-order valence-electron chi connectivity index (χ2n) is 7.73. The molecule has 3 N–H and O–H groups in total. The molecule has 174 valence electrons. The first-order valence-corrected chi connectivity index (χ1v) is 10.8. The summed E-state index contributed by atoms with van der Waals surface area (Å²) in [6.07, 6.45) is 3.04. The van der Waals surface area contributed by atoms with Gasteiger partial charge in [0.05, 0.1) is 7.11 Å². The zero-order valence-corrected chi connectivity index (χ0v) is 21.4. The fourth-order valence-corrected chi connectivity index (χ4v) is 3.63. The highest BCUT2D eigenvalue weighted by Crippen LogP contribution is 2.19. The number of benzene rings is 2. The van der Waals surface area contributed by atoms with Crippen LogP contribution in [0, 0.1) is 6.92 Å². The Bertz CT molecular complexity index is 913. The standard InChI is InChI=1S/C24H33N5O2.HI/c1-18-9-10-19(16-22(18)31-3)11-12-26-23(25-2)27-17-20-7-6-8-21(15-20)28-24(30)29-13-4-5-14-29;/h6-10,15-16H,4-5,11-14,17H2,1-3H3,(H,28,30)(H2,25,26,27);1H. The van der Waals surface area contributed by atoms with Crippen LogP contribution in [0.3, 0.4) is 0 Å². The third-order valence-corrected chi connectivity index (χ3v) is 5.43. The van der Waals surface area contributed by atoms with Crippen LogP contribution in [0.5, 0.6) is 5.75 Å². The van der Waals surface area contributed by atoms with Gasteiger partial charge in [-0.3, -0.25) is 4.99 Å². The van der Waals surface area contributed by atoms with Crippen LogP contribution < -0.4 is 20.7 Å². The minimum Gasteiger partial charge on any atom is -0.496 e. The van der Waals surface area contributed by atoms with Crippen LogP contribution in [-0.4, -0.2) is 50.7 Å². The summed E-state index contributed by atoms with van der Waals surface area (Å²) >= 11 is 0. The summed E-state index contributed by atoms with van der Waals surface area (Å²) in [5, 5.41) is 9.67. The van der Waals surface area contributed by atoms with Crippen LogP contribution >= 0.6 is 24.0 Å². The molecule has 2 aromatic carbocycles. The number of hydrogen-bond acceptors (Lipinski definition) is 3. The quantitative estimate of drug-likeness (QED) is 0.275. The molecule has 1 saturated heterocycles. The van der Waals surface area contributed by atoms with E-state index in [1.54, 1.807) is 14.2 Å². The van der Waals surface area contributed by atoms with Gasteiger partial charge in [0.25, 0.3) is 0 Å². The van der Waals surface area contributed by atoms with E-state index in [1.807, 2.05) is 36.1 Å². The lowest BCUT2D eigenvalue weighted by atomic mass is 10.1. The second kappa shape index (κ2) is 13.1. The maximum atomic E-state index is 12.3. The molecule has 1 aliphatic heterocycles. The van der Waals surface area contributed by atoms with E-state index in [-0.39, 0.29) is 30.0 Å². The number of anilines is 1. The van der Waals surface area contributed by atoms with E-state index in [0.717, 1.165) is 67.4 Å². The summed E-state index contributed by atoms with van der Waals surface area (Å²) in [5.41, 5.74) is 4.24. The van der Waals surface area contributed by atoms with Crippen molar-refractivity contribution in [2.24, 2.45) is 4.99 Å². The van der Waals surface area contributed by atoms with Gasteiger partial charge in [0.2, 0.25) is 0 Å². The van der Waals surface area contributed by atoms with Crippen molar-refractivity contribution in [2.75, 3.05) is 39.1 Å². The molecule has 1 heterocycles. The highest BCUT2D eigenvalue weighted by Gasteiger charge is 2.17. The molecule has 0 bridgehead atoms. The van der Waals surface area contributed by atoms with Crippen LogP contribution in [0.15, 0.2) is 47.5 Å². The summed E-state index contributed by atoms with van der Waals surface area (Å²) in [4.78, 5) is 18.5. The molecule has 2 aromatic rings. The molecule has 0 spiro atoms. The number of aliphatic imine (C=N–C) groups is 1. The predicted molar refractivity (Wildman–Crippen MR) is 141 cm³/mol. The average molecular weight is 551 g/mol. The Hall–Kier alpha value is -2.49. The lowest BCUT2D eigenvalue weighted by Crippen LogP contribution is -2.37. The van der Waals surface area contributed by atoms with Crippen molar-refractivity contribution in [3.8, 4) is 5.75 Å². The van der Waals surface area contributed by atoms with E-state index in [9.17, 15) is 4.79 Å². The SMILES string of the molecule is CN=C(NCCc1ccc(C)c(OC)c1)NCc1cccc(NC(=O)N2CCCC2)c1.I. The molecule has 2 amide bonds. The number of carbonyl (C=O) groups excluding carboxylic acids is 1. The van der Waals surface area contributed by atoms with Crippen molar-refractivity contribution in [1.29, 1.82) is 0 Å². The van der Waals surface area contributed by atoms with Gasteiger partial charge in [0.15, 0.2) is 5.96 Å². The van der Waals surface area contributed by atoms with Crippen LogP contribution in [0.25, 0.3) is 0 Å². The van der Waals surface area contributed by atoms with E-state index in [4.69, 9.17) is 4.74 Å². The monoisotopic (exact) mass is 551 g/mol. The predicted octanol–water partition coefficient (Wildman–Crippen LogP) is 4.16. The van der Waals surface area contributed by atoms with Gasteiger partial charge in [0.1, 0.15) is 5.75 Å². The number of hydrogen-bond donors (Lipinski definition) is 3. The minimum absolute atomic E-state index is 0. The number of guanidine groups is 1. The van der Waals surface area contributed by atoms with E-state index in [2.05, 4.69) is 39.1 Å². The summed E-state index contributed by atoms with van der Waals surface area (Å²) < 4.78 is 5.40. The first-order chi connectivity index (χ1) is 15.1. The lowest BCUT2D eigenvalue weighted by molar-refractivity contribution is 0.222. The number of urea groups is 1. The van der Waals surface area contributed by atoms with Gasteiger partial charge in [-0.2, -0.15) is 0 Å². The summed E-state index contributed by atoms with van der Waals surface area (Å²) in [5.74, 6) is 1.65. The molecule has 3 rings (SSSR count). The Morgan fingerprint density at radius 2 is 1.88 bits per heavy atom.